The second-order valence-electron chi connectivity index (χ2n) is 4.42. The van der Waals surface area contributed by atoms with Gasteiger partial charge < -0.3 is 10.1 Å². The minimum Gasteiger partial charge on any atom is -0.496 e. The first kappa shape index (κ1) is 11.7. The van der Waals surface area contributed by atoms with Crippen LogP contribution in [0.5, 0.6) is 5.75 Å². The molecule has 1 N–H and O–H groups in total. The lowest BCUT2D eigenvalue weighted by molar-refractivity contribution is 0.399. The molecular formula is C13H18ClNO. The van der Waals surface area contributed by atoms with E-state index in [0.29, 0.717) is 6.04 Å². The van der Waals surface area contributed by atoms with Crippen LogP contribution in [-0.2, 0) is 6.42 Å². The molecule has 0 aliphatic carbocycles. The molecule has 1 heterocycles. The van der Waals surface area contributed by atoms with Gasteiger partial charge in [0.05, 0.1) is 7.11 Å². The minimum atomic E-state index is 0.310. The van der Waals surface area contributed by atoms with E-state index in [2.05, 4.69) is 26.1 Å². The molecule has 2 nitrogen and oxygen atoms in total. The van der Waals surface area contributed by atoms with Crippen molar-refractivity contribution in [1.82, 2.24) is 5.32 Å². The molecule has 0 spiro atoms. The van der Waals surface area contributed by atoms with Crippen LogP contribution in [0.4, 0.5) is 0 Å². The quantitative estimate of drug-likeness (QED) is 0.813. The van der Waals surface area contributed by atoms with Crippen molar-refractivity contribution in [2.24, 2.45) is 0 Å². The molecule has 0 saturated heterocycles. The number of hydrogen-bond acceptors (Lipinski definition) is 2. The maximum Gasteiger partial charge on any atom is 0.125 e. The largest absolute Gasteiger partial charge is 0.496 e. The lowest BCUT2D eigenvalue weighted by Crippen LogP contribution is -2.29. The number of nitrogens with one attached hydrogen (secondary N) is 1. The Kier molecular flexibility index (Phi) is 3.13. The number of methoxy groups -OCH3 is 1. The number of benzene rings is 1. The molecule has 16 heavy (non-hydrogen) atoms. The van der Waals surface area contributed by atoms with Crippen LogP contribution in [0.1, 0.15) is 35.2 Å². The minimum absolute atomic E-state index is 0.310. The summed E-state index contributed by atoms with van der Waals surface area (Å²) in [6, 6.07) is 0.310. The smallest absolute Gasteiger partial charge is 0.125 e. The first-order valence-electron chi connectivity index (χ1n) is 5.66. The highest BCUT2D eigenvalue weighted by Crippen LogP contribution is 2.40. The summed E-state index contributed by atoms with van der Waals surface area (Å²) in [5.41, 5.74) is 4.79. The Bertz CT molecular complexity index is 429. The van der Waals surface area contributed by atoms with Gasteiger partial charge in [0, 0.05) is 16.6 Å². The van der Waals surface area contributed by atoms with Crippen molar-refractivity contribution >= 4 is 11.6 Å². The van der Waals surface area contributed by atoms with Crippen LogP contribution in [0.3, 0.4) is 0 Å². The SMILES string of the molecule is COc1c(C)c(C)c(Cl)c2c1CCNC2C. The molecule has 88 valence electrons. The van der Waals surface area contributed by atoms with Crippen LogP contribution < -0.4 is 10.1 Å². The Hall–Kier alpha value is -0.730. The molecule has 1 unspecified atom stereocenters. The molecule has 1 atom stereocenters. The fraction of sp³-hybridized carbons (Fsp3) is 0.538. The molecule has 0 amide bonds. The zero-order valence-electron chi connectivity index (χ0n) is 10.3. The summed E-state index contributed by atoms with van der Waals surface area (Å²) in [5, 5.41) is 4.33. The van der Waals surface area contributed by atoms with Gasteiger partial charge >= 0.3 is 0 Å². The molecular weight excluding hydrogens is 222 g/mol. The van der Waals surface area contributed by atoms with Crippen molar-refractivity contribution in [2.45, 2.75) is 33.2 Å². The zero-order chi connectivity index (χ0) is 11.9. The third-order valence-corrected chi connectivity index (χ3v) is 4.02. The molecule has 0 saturated carbocycles. The molecule has 0 fully saturated rings. The number of rotatable bonds is 1. The standard InChI is InChI=1S/C13H18ClNO/c1-7-8(2)13(16-4)10-5-6-15-9(3)11(10)12(7)14/h9,15H,5-6H2,1-4H3. The van der Waals surface area contributed by atoms with Gasteiger partial charge in [0.25, 0.3) is 0 Å². The molecule has 3 heteroatoms. The van der Waals surface area contributed by atoms with Crippen LogP contribution in [0.25, 0.3) is 0 Å². The third kappa shape index (κ3) is 1.61. The van der Waals surface area contributed by atoms with Gasteiger partial charge in [-0.15, -0.1) is 0 Å². The molecule has 1 aromatic rings. The maximum absolute atomic E-state index is 6.44. The van der Waals surface area contributed by atoms with Crippen molar-refractivity contribution in [1.29, 1.82) is 0 Å². The Balaban J connectivity index is 2.74. The van der Waals surface area contributed by atoms with Crippen molar-refractivity contribution in [3.63, 3.8) is 0 Å². The summed E-state index contributed by atoms with van der Waals surface area (Å²) in [6.45, 7) is 7.27. The van der Waals surface area contributed by atoms with E-state index in [9.17, 15) is 0 Å². The molecule has 1 aliphatic heterocycles. The average Bonchev–Trinajstić information content (AvgIpc) is 2.27. The van der Waals surface area contributed by atoms with Crippen LogP contribution in [0, 0.1) is 13.8 Å². The second kappa shape index (κ2) is 4.27. The normalized spacial score (nSPS) is 19.4. The van der Waals surface area contributed by atoms with Crippen molar-refractivity contribution in [2.75, 3.05) is 13.7 Å². The second-order valence-corrected chi connectivity index (χ2v) is 4.79. The Morgan fingerprint density at radius 3 is 2.62 bits per heavy atom. The van der Waals surface area contributed by atoms with Crippen LogP contribution >= 0.6 is 11.6 Å². The summed E-state index contributed by atoms with van der Waals surface area (Å²) < 4.78 is 5.54. The summed E-state index contributed by atoms with van der Waals surface area (Å²) in [6.07, 6.45) is 0.990. The van der Waals surface area contributed by atoms with E-state index < -0.39 is 0 Å². The summed E-state index contributed by atoms with van der Waals surface area (Å²) in [7, 11) is 1.74. The first-order chi connectivity index (χ1) is 7.57. The molecule has 2 rings (SSSR count). The number of ether oxygens (including phenoxy) is 1. The van der Waals surface area contributed by atoms with Gasteiger partial charge in [-0.1, -0.05) is 11.6 Å². The summed E-state index contributed by atoms with van der Waals surface area (Å²) >= 11 is 6.44. The maximum atomic E-state index is 6.44. The van der Waals surface area contributed by atoms with Crippen molar-refractivity contribution < 1.29 is 4.74 Å². The van der Waals surface area contributed by atoms with Gasteiger partial charge in [0.1, 0.15) is 5.75 Å². The topological polar surface area (TPSA) is 21.3 Å². The van der Waals surface area contributed by atoms with E-state index in [0.717, 1.165) is 29.3 Å². The van der Waals surface area contributed by atoms with E-state index in [1.165, 1.54) is 16.7 Å². The van der Waals surface area contributed by atoms with E-state index in [1.807, 2.05) is 0 Å². The Morgan fingerprint density at radius 1 is 1.31 bits per heavy atom. The van der Waals surface area contributed by atoms with E-state index >= 15 is 0 Å². The highest BCUT2D eigenvalue weighted by atomic mass is 35.5. The average molecular weight is 240 g/mol. The predicted octanol–water partition coefficient (Wildman–Crippen LogP) is 3.17. The lowest BCUT2D eigenvalue weighted by Gasteiger charge is -2.29. The Morgan fingerprint density at radius 2 is 2.00 bits per heavy atom. The zero-order valence-corrected chi connectivity index (χ0v) is 11.0. The van der Waals surface area contributed by atoms with E-state index in [1.54, 1.807) is 7.11 Å². The van der Waals surface area contributed by atoms with Crippen LogP contribution in [0.15, 0.2) is 0 Å². The lowest BCUT2D eigenvalue weighted by atomic mass is 9.89. The number of fused-ring (bicyclic) bond motifs is 1. The fourth-order valence-corrected chi connectivity index (χ4v) is 2.93. The van der Waals surface area contributed by atoms with Gasteiger partial charge in [0.15, 0.2) is 0 Å². The van der Waals surface area contributed by atoms with E-state index in [-0.39, 0.29) is 0 Å². The fourth-order valence-electron chi connectivity index (χ4n) is 2.51. The van der Waals surface area contributed by atoms with E-state index in [4.69, 9.17) is 16.3 Å². The number of halogens is 1. The molecule has 0 radical (unpaired) electrons. The Labute approximate surface area is 102 Å². The van der Waals surface area contributed by atoms with Gasteiger partial charge in [-0.3, -0.25) is 0 Å². The number of hydrogen-bond donors (Lipinski definition) is 1. The van der Waals surface area contributed by atoms with Gasteiger partial charge in [-0.05, 0) is 50.4 Å². The highest BCUT2D eigenvalue weighted by molar-refractivity contribution is 6.32. The van der Waals surface area contributed by atoms with Crippen molar-refractivity contribution in [3.05, 3.63) is 27.3 Å². The van der Waals surface area contributed by atoms with Crippen molar-refractivity contribution in [3.8, 4) is 5.75 Å². The third-order valence-electron chi connectivity index (χ3n) is 3.53. The molecule has 0 bridgehead atoms. The highest BCUT2D eigenvalue weighted by Gasteiger charge is 2.25. The van der Waals surface area contributed by atoms with Gasteiger partial charge in [-0.25, -0.2) is 0 Å². The van der Waals surface area contributed by atoms with Gasteiger partial charge in [-0.2, -0.15) is 0 Å². The molecule has 1 aromatic carbocycles. The van der Waals surface area contributed by atoms with Crippen LogP contribution in [0.2, 0.25) is 5.02 Å². The molecule has 1 aliphatic rings. The predicted molar refractivity (Wildman–Crippen MR) is 67.6 cm³/mol. The van der Waals surface area contributed by atoms with Crippen LogP contribution in [-0.4, -0.2) is 13.7 Å². The summed E-state index contributed by atoms with van der Waals surface area (Å²) in [4.78, 5) is 0. The first-order valence-corrected chi connectivity index (χ1v) is 6.04. The van der Waals surface area contributed by atoms with Gasteiger partial charge in [0.2, 0.25) is 0 Å². The monoisotopic (exact) mass is 239 g/mol. The summed E-state index contributed by atoms with van der Waals surface area (Å²) in [5.74, 6) is 1.02. The molecule has 0 aromatic heterocycles.